The lowest BCUT2D eigenvalue weighted by molar-refractivity contribution is -0.384. The predicted octanol–water partition coefficient (Wildman–Crippen LogP) is 1.67. The van der Waals surface area contributed by atoms with Gasteiger partial charge in [-0.2, -0.15) is 0 Å². The van der Waals surface area contributed by atoms with Gasteiger partial charge in [0.15, 0.2) is 0 Å². The van der Waals surface area contributed by atoms with Crippen LogP contribution in [0.4, 0.5) is 10.5 Å². The first-order valence-corrected chi connectivity index (χ1v) is 5.21. The van der Waals surface area contributed by atoms with Gasteiger partial charge in [0.1, 0.15) is 19.0 Å². The molecule has 1 aromatic carbocycles. The number of rotatable bonds is 5. The van der Waals surface area contributed by atoms with Crippen LogP contribution in [-0.2, 0) is 14.3 Å². The van der Waals surface area contributed by atoms with E-state index in [9.17, 15) is 19.7 Å². The summed E-state index contributed by atoms with van der Waals surface area (Å²) < 4.78 is 13.9. The molecule has 0 amide bonds. The molecule has 0 N–H and O–H groups in total. The molecule has 0 aliphatic rings. The van der Waals surface area contributed by atoms with Crippen LogP contribution in [0, 0.1) is 10.1 Å². The standard InChI is InChI=1S/C11H11NO7/c1-8(13)17-6-7-18-11(14)19-10-4-2-9(3-5-10)12(15)16/h2-5H,6-7H2,1H3. The van der Waals surface area contributed by atoms with Gasteiger partial charge in [-0.05, 0) is 12.1 Å². The fraction of sp³-hybridized carbons (Fsp3) is 0.273. The number of hydrogen-bond acceptors (Lipinski definition) is 7. The molecule has 0 aliphatic carbocycles. The topological polar surface area (TPSA) is 105 Å². The third kappa shape index (κ3) is 5.48. The minimum absolute atomic E-state index is 0.0648. The lowest BCUT2D eigenvalue weighted by Crippen LogP contribution is -2.15. The molecular formula is C11H11NO7. The number of benzene rings is 1. The molecule has 1 rings (SSSR count). The Morgan fingerprint density at radius 2 is 1.74 bits per heavy atom. The number of nitro benzene ring substituents is 1. The SMILES string of the molecule is CC(=O)OCCOC(=O)Oc1ccc([N+](=O)[O-])cc1. The molecule has 19 heavy (non-hydrogen) atoms. The van der Waals surface area contributed by atoms with Gasteiger partial charge in [-0.3, -0.25) is 14.9 Å². The number of nitro groups is 1. The summed E-state index contributed by atoms with van der Waals surface area (Å²) in [5, 5.41) is 10.4. The van der Waals surface area contributed by atoms with Crippen LogP contribution in [0.3, 0.4) is 0 Å². The van der Waals surface area contributed by atoms with E-state index in [1.165, 1.54) is 31.2 Å². The van der Waals surface area contributed by atoms with Gasteiger partial charge in [0, 0.05) is 19.1 Å². The first kappa shape index (κ1) is 14.4. The Labute approximate surface area is 108 Å². The molecule has 0 spiro atoms. The number of esters is 1. The Hall–Kier alpha value is -2.64. The molecule has 102 valence electrons. The van der Waals surface area contributed by atoms with Crippen molar-refractivity contribution >= 4 is 17.8 Å². The van der Waals surface area contributed by atoms with Gasteiger partial charge in [0.25, 0.3) is 5.69 Å². The summed E-state index contributed by atoms with van der Waals surface area (Å²) in [7, 11) is 0. The van der Waals surface area contributed by atoms with Gasteiger partial charge in [-0.15, -0.1) is 0 Å². The number of carbonyl (C=O) groups excluding carboxylic acids is 2. The van der Waals surface area contributed by atoms with Crippen molar-refractivity contribution < 1.29 is 28.7 Å². The molecule has 8 nitrogen and oxygen atoms in total. The first-order valence-electron chi connectivity index (χ1n) is 5.21. The monoisotopic (exact) mass is 269 g/mol. The highest BCUT2D eigenvalue weighted by atomic mass is 16.7. The van der Waals surface area contributed by atoms with Crippen LogP contribution in [0.25, 0.3) is 0 Å². The van der Waals surface area contributed by atoms with E-state index < -0.39 is 17.0 Å². The number of ether oxygens (including phenoxy) is 3. The third-order valence-electron chi connectivity index (χ3n) is 1.86. The zero-order chi connectivity index (χ0) is 14.3. The van der Waals surface area contributed by atoms with E-state index in [0.29, 0.717) is 0 Å². The minimum atomic E-state index is -0.985. The normalized spacial score (nSPS) is 9.53. The molecule has 1 aromatic rings. The molecule has 0 saturated heterocycles. The maximum Gasteiger partial charge on any atom is 0.513 e. The van der Waals surface area contributed by atoms with Crippen molar-refractivity contribution in [2.75, 3.05) is 13.2 Å². The van der Waals surface area contributed by atoms with Crippen LogP contribution in [0.2, 0.25) is 0 Å². The fourth-order valence-electron chi connectivity index (χ4n) is 1.07. The van der Waals surface area contributed by atoms with Gasteiger partial charge in [-0.1, -0.05) is 0 Å². The quantitative estimate of drug-likeness (QED) is 0.263. The van der Waals surface area contributed by atoms with Crippen LogP contribution in [0.15, 0.2) is 24.3 Å². The second-order valence-electron chi connectivity index (χ2n) is 3.29. The second kappa shape index (κ2) is 6.94. The molecule has 8 heteroatoms. The molecule has 0 aliphatic heterocycles. The summed E-state index contributed by atoms with van der Waals surface area (Å²) >= 11 is 0. The Kier molecular flexibility index (Phi) is 5.27. The molecule has 0 heterocycles. The largest absolute Gasteiger partial charge is 0.513 e. The lowest BCUT2D eigenvalue weighted by atomic mass is 10.3. The summed E-state index contributed by atoms with van der Waals surface area (Å²) in [5.41, 5.74) is -0.115. The van der Waals surface area contributed by atoms with Gasteiger partial charge >= 0.3 is 12.1 Å². The molecule has 0 aromatic heterocycles. The summed E-state index contributed by atoms with van der Waals surface area (Å²) in [6.07, 6.45) is -0.985. The predicted molar refractivity (Wildman–Crippen MR) is 61.7 cm³/mol. The minimum Gasteiger partial charge on any atom is -0.462 e. The second-order valence-corrected chi connectivity index (χ2v) is 3.29. The van der Waals surface area contributed by atoms with Gasteiger partial charge in [0.05, 0.1) is 4.92 Å². The number of nitrogens with zero attached hydrogens (tertiary/aromatic N) is 1. The Balaban J connectivity index is 2.35. The Morgan fingerprint density at radius 3 is 2.26 bits per heavy atom. The van der Waals surface area contributed by atoms with Crippen LogP contribution < -0.4 is 4.74 Å². The summed E-state index contributed by atoms with van der Waals surface area (Å²) in [5.74, 6) is -0.365. The average Bonchev–Trinajstić information content (AvgIpc) is 2.35. The summed E-state index contributed by atoms with van der Waals surface area (Å²) in [6.45, 7) is 1.03. The fourth-order valence-corrected chi connectivity index (χ4v) is 1.07. The average molecular weight is 269 g/mol. The van der Waals surface area contributed by atoms with E-state index >= 15 is 0 Å². The third-order valence-corrected chi connectivity index (χ3v) is 1.86. The highest BCUT2D eigenvalue weighted by Crippen LogP contribution is 2.17. The maximum absolute atomic E-state index is 11.2. The van der Waals surface area contributed by atoms with Crippen molar-refractivity contribution in [2.45, 2.75) is 6.92 Å². The Bertz CT molecular complexity index is 468. The highest BCUT2D eigenvalue weighted by molar-refractivity contribution is 5.66. The van der Waals surface area contributed by atoms with Gasteiger partial charge in [0.2, 0.25) is 0 Å². The molecule has 0 radical (unpaired) electrons. The van der Waals surface area contributed by atoms with Gasteiger partial charge < -0.3 is 14.2 Å². The number of non-ortho nitro benzene ring substituents is 1. The van der Waals surface area contributed by atoms with Crippen LogP contribution >= 0.6 is 0 Å². The molecular weight excluding hydrogens is 258 g/mol. The van der Waals surface area contributed by atoms with Crippen molar-refractivity contribution in [3.05, 3.63) is 34.4 Å². The van der Waals surface area contributed by atoms with Gasteiger partial charge in [-0.25, -0.2) is 4.79 Å². The van der Waals surface area contributed by atoms with E-state index in [-0.39, 0.29) is 24.7 Å². The van der Waals surface area contributed by atoms with Crippen molar-refractivity contribution in [2.24, 2.45) is 0 Å². The van der Waals surface area contributed by atoms with Crippen LogP contribution in [0.1, 0.15) is 6.92 Å². The van der Waals surface area contributed by atoms with E-state index in [2.05, 4.69) is 9.47 Å². The first-order chi connectivity index (χ1) is 8.99. The molecule has 0 bridgehead atoms. The lowest BCUT2D eigenvalue weighted by Gasteiger charge is -2.05. The zero-order valence-corrected chi connectivity index (χ0v) is 10.0. The number of carbonyl (C=O) groups is 2. The van der Waals surface area contributed by atoms with Crippen molar-refractivity contribution in [1.82, 2.24) is 0 Å². The molecule has 0 atom stereocenters. The van der Waals surface area contributed by atoms with E-state index in [4.69, 9.17) is 4.74 Å². The van der Waals surface area contributed by atoms with E-state index in [1.807, 2.05) is 0 Å². The van der Waals surface area contributed by atoms with Crippen LogP contribution in [-0.4, -0.2) is 30.3 Å². The Morgan fingerprint density at radius 1 is 1.16 bits per heavy atom. The highest BCUT2D eigenvalue weighted by Gasteiger charge is 2.09. The van der Waals surface area contributed by atoms with Crippen molar-refractivity contribution in [3.63, 3.8) is 0 Å². The molecule has 0 unspecified atom stereocenters. The summed E-state index contributed by atoms with van der Waals surface area (Å²) in [4.78, 5) is 31.4. The van der Waals surface area contributed by atoms with E-state index in [1.54, 1.807) is 0 Å². The summed E-state index contributed by atoms with van der Waals surface area (Å²) in [6, 6.07) is 4.93. The maximum atomic E-state index is 11.2. The smallest absolute Gasteiger partial charge is 0.462 e. The molecule has 0 fully saturated rings. The number of hydrogen-bond donors (Lipinski definition) is 0. The van der Waals surface area contributed by atoms with E-state index in [0.717, 1.165) is 0 Å². The van der Waals surface area contributed by atoms with Crippen molar-refractivity contribution in [3.8, 4) is 5.75 Å². The van der Waals surface area contributed by atoms with Crippen molar-refractivity contribution in [1.29, 1.82) is 0 Å². The zero-order valence-electron chi connectivity index (χ0n) is 10.0. The molecule has 0 saturated carbocycles. The van der Waals surface area contributed by atoms with Crippen LogP contribution in [0.5, 0.6) is 5.75 Å².